The van der Waals surface area contributed by atoms with Gasteiger partial charge in [0.15, 0.2) is 0 Å². The summed E-state index contributed by atoms with van der Waals surface area (Å²) in [6.07, 6.45) is 0. The standard InChI is InChI=1S/C12H6F2N2O4S/c13-7-1-3-11(9(14)5-7)21-12-4-2-8(15(17)18)6-10(12)16(19)20/h1-6H. The van der Waals surface area contributed by atoms with Crippen molar-refractivity contribution >= 4 is 23.1 Å². The minimum atomic E-state index is -0.868. The molecular formula is C12H6F2N2O4S. The Balaban J connectivity index is 2.44. The summed E-state index contributed by atoms with van der Waals surface area (Å²) in [5.41, 5.74) is -0.955. The average molecular weight is 312 g/mol. The Morgan fingerprint density at radius 3 is 2.14 bits per heavy atom. The molecule has 2 rings (SSSR count). The lowest BCUT2D eigenvalue weighted by Crippen LogP contribution is -1.95. The maximum absolute atomic E-state index is 13.5. The van der Waals surface area contributed by atoms with Gasteiger partial charge in [0.2, 0.25) is 0 Å². The molecular weight excluding hydrogens is 306 g/mol. The van der Waals surface area contributed by atoms with Crippen LogP contribution in [-0.4, -0.2) is 9.85 Å². The number of benzene rings is 2. The monoisotopic (exact) mass is 312 g/mol. The first kappa shape index (κ1) is 14.9. The first-order chi connectivity index (χ1) is 9.88. The molecule has 0 fully saturated rings. The van der Waals surface area contributed by atoms with Crippen LogP contribution < -0.4 is 0 Å². The predicted octanol–water partition coefficient (Wildman–Crippen LogP) is 3.93. The Kier molecular flexibility index (Phi) is 4.13. The fourth-order valence-corrected chi connectivity index (χ4v) is 2.43. The molecule has 0 saturated carbocycles. The van der Waals surface area contributed by atoms with Gasteiger partial charge in [-0.3, -0.25) is 20.2 Å². The number of nitrogens with zero attached hydrogens (tertiary/aromatic N) is 2. The Bertz CT molecular complexity index is 739. The highest BCUT2D eigenvalue weighted by molar-refractivity contribution is 7.99. The van der Waals surface area contributed by atoms with Gasteiger partial charge in [-0.1, -0.05) is 11.8 Å². The van der Waals surface area contributed by atoms with Gasteiger partial charge in [-0.15, -0.1) is 0 Å². The highest BCUT2D eigenvalue weighted by atomic mass is 32.2. The Morgan fingerprint density at radius 2 is 1.57 bits per heavy atom. The van der Waals surface area contributed by atoms with Crippen LogP contribution >= 0.6 is 11.8 Å². The van der Waals surface area contributed by atoms with E-state index in [1.54, 1.807) is 0 Å². The van der Waals surface area contributed by atoms with Crippen LogP contribution in [0, 0.1) is 31.9 Å². The predicted molar refractivity (Wildman–Crippen MR) is 70.2 cm³/mol. The lowest BCUT2D eigenvalue weighted by atomic mass is 10.3. The smallest absolute Gasteiger partial charge is 0.258 e. The summed E-state index contributed by atoms with van der Waals surface area (Å²) in [6, 6.07) is 5.84. The third-order valence-corrected chi connectivity index (χ3v) is 3.58. The van der Waals surface area contributed by atoms with Crippen molar-refractivity contribution in [3.8, 4) is 0 Å². The van der Waals surface area contributed by atoms with E-state index in [0.29, 0.717) is 17.8 Å². The summed E-state index contributed by atoms with van der Waals surface area (Å²) in [6.45, 7) is 0. The zero-order valence-corrected chi connectivity index (χ0v) is 11.0. The molecule has 0 amide bonds. The van der Waals surface area contributed by atoms with Gasteiger partial charge in [0.05, 0.1) is 20.8 Å². The number of nitro benzene ring substituents is 2. The van der Waals surface area contributed by atoms with Crippen molar-refractivity contribution in [2.45, 2.75) is 9.79 Å². The van der Waals surface area contributed by atoms with Crippen molar-refractivity contribution in [1.29, 1.82) is 0 Å². The van der Waals surface area contributed by atoms with Crippen LogP contribution in [0.1, 0.15) is 0 Å². The topological polar surface area (TPSA) is 86.3 Å². The van der Waals surface area contributed by atoms with Crippen molar-refractivity contribution in [1.82, 2.24) is 0 Å². The Hall–Kier alpha value is -2.55. The Morgan fingerprint density at radius 1 is 0.905 bits per heavy atom. The zero-order chi connectivity index (χ0) is 15.6. The largest absolute Gasteiger partial charge is 0.290 e. The van der Waals surface area contributed by atoms with E-state index < -0.39 is 32.9 Å². The van der Waals surface area contributed by atoms with Crippen molar-refractivity contribution in [3.05, 3.63) is 68.3 Å². The third kappa shape index (κ3) is 3.31. The Labute approximate surface area is 120 Å². The summed E-state index contributed by atoms with van der Waals surface area (Å²) in [7, 11) is 0. The molecule has 21 heavy (non-hydrogen) atoms. The molecule has 0 aliphatic carbocycles. The minimum Gasteiger partial charge on any atom is -0.258 e. The average Bonchev–Trinajstić information content (AvgIpc) is 2.41. The van der Waals surface area contributed by atoms with Crippen LogP contribution in [0.3, 0.4) is 0 Å². The van der Waals surface area contributed by atoms with Crippen LogP contribution in [0.25, 0.3) is 0 Å². The molecule has 0 aromatic heterocycles. The molecule has 6 nitrogen and oxygen atoms in total. The van der Waals surface area contributed by atoms with Crippen molar-refractivity contribution in [2.75, 3.05) is 0 Å². The number of hydrogen-bond acceptors (Lipinski definition) is 5. The van der Waals surface area contributed by atoms with E-state index in [9.17, 15) is 29.0 Å². The highest BCUT2D eigenvalue weighted by Gasteiger charge is 2.21. The van der Waals surface area contributed by atoms with E-state index in [1.165, 1.54) is 0 Å². The highest BCUT2D eigenvalue weighted by Crippen LogP contribution is 2.37. The first-order valence-electron chi connectivity index (χ1n) is 5.44. The first-order valence-corrected chi connectivity index (χ1v) is 6.26. The molecule has 0 spiro atoms. The van der Waals surface area contributed by atoms with Gasteiger partial charge in [0.1, 0.15) is 11.6 Å². The number of halogens is 2. The molecule has 2 aromatic rings. The van der Waals surface area contributed by atoms with E-state index in [-0.39, 0.29) is 9.79 Å². The van der Waals surface area contributed by atoms with Gasteiger partial charge in [0.25, 0.3) is 11.4 Å². The van der Waals surface area contributed by atoms with Crippen LogP contribution in [0.15, 0.2) is 46.2 Å². The van der Waals surface area contributed by atoms with Gasteiger partial charge in [-0.25, -0.2) is 8.78 Å². The molecule has 0 N–H and O–H groups in total. The second kappa shape index (κ2) is 5.83. The van der Waals surface area contributed by atoms with Crippen molar-refractivity contribution < 1.29 is 18.6 Å². The fraction of sp³-hybridized carbons (Fsp3) is 0. The maximum atomic E-state index is 13.5. The minimum absolute atomic E-state index is 0.0200. The van der Waals surface area contributed by atoms with Crippen molar-refractivity contribution in [2.24, 2.45) is 0 Å². The van der Waals surface area contributed by atoms with Crippen molar-refractivity contribution in [3.63, 3.8) is 0 Å². The van der Waals surface area contributed by atoms with Gasteiger partial charge in [-0.2, -0.15) is 0 Å². The maximum Gasteiger partial charge on any atom is 0.290 e. The zero-order valence-electron chi connectivity index (χ0n) is 10.2. The third-order valence-electron chi connectivity index (χ3n) is 2.46. The van der Waals surface area contributed by atoms with Crippen LogP contribution in [0.4, 0.5) is 20.2 Å². The fourth-order valence-electron chi connectivity index (χ4n) is 1.52. The summed E-state index contributed by atoms with van der Waals surface area (Å²) >= 11 is 0.692. The quantitative estimate of drug-likeness (QED) is 0.630. The molecule has 0 radical (unpaired) electrons. The molecule has 9 heteroatoms. The SMILES string of the molecule is O=[N+]([O-])c1ccc(Sc2ccc(F)cc2F)c([N+](=O)[O-])c1. The molecule has 0 aliphatic heterocycles. The molecule has 0 bridgehead atoms. The molecule has 0 unspecified atom stereocenters. The summed E-state index contributed by atoms with van der Waals surface area (Å²) in [5.74, 6) is -1.64. The van der Waals surface area contributed by atoms with E-state index in [1.807, 2.05) is 0 Å². The second-order valence-corrected chi connectivity index (χ2v) is 4.93. The van der Waals surface area contributed by atoms with Gasteiger partial charge >= 0.3 is 0 Å². The molecule has 0 saturated heterocycles. The lowest BCUT2D eigenvalue weighted by Gasteiger charge is -2.04. The summed E-state index contributed by atoms with van der Waals surface area (Å²) < 4.78 is 26.3. The molecule has 0 atom stereocenters. The van der Waals surface area contributed by atoms with Gasteiger partial charge in [-0.05, 0) is 18.2 Å². The van der Waals surface area contributed by atoms with E-state index in [4.69, 9.17) is 0 Å². The van der Waals surface area contributed by atoms with Crippen LogP contribution in [0.2, 0.25) is 0 Å². The second-order valence-electron chi connectivity index (χ2n) is 3.84. The van der Waals surface area contributed by atoms with Crippen LogP contribution in [0.5, 0.6) is 0 Å². The van der Waals surface area contributed by atoms with E-state index in [0.717, 1.165) is 30.3 Å². The van der Waals surface area contributed by atoms with Gasteiger partial charge < -0.3 is 0 Å². The van der Waals surface area contributed by atoms with E-state index >= 15 is 0 Å². The molecule has 0 heterocycles. The van der Waals surface area contributed by atoms with E-state index in [2.05, 4.69) is 0 Å². The number of nitro groups is 2. The number of rotatable bonds is 4. The van der Waals surface area contributed by atoms with Crippen LogP contribution in [-0.2, 0) is 0 Å². The molecule has 2 aromatic carbocycles. The number of non-ortho nitro benzene ring substituents is 1. The number of hydrogen-bond donors (Lipinski definition) is 0. The summed E-state index contributed by atoms with van der Waals surface area (Å²) in [5, 5.41) is 21.6. The van der Waals surface area contributed by atoms with Gasteiger partial charge in [0, 0.05) is 17.0 Å². The summed E-state index contributed by atoms with van der Waals surface area (Å²) in [4.78, 5) is 20.0. The molecule has 0 aliphatic rings. The molecule has 108 valence electrons. The normalized spacial score (nSPS) is 10.4. The lowest BCUT2D eigenvalue weighted by molar-refractivity contribution is -0.396.